The number of hydrogen-bond donors (Lipinski definition) is 1. The predicted molar refractivity (Wildman–Crippen MR) is 110 cm³/mol. The highest BCUT2D eigenvalue weighted by Gasteiger charge is 2.22. The normalized spacial score (nSPS) is 15.5. The third-order valence-electron chi connectivity index (χ3n) is 5.31. The van der Waals surface area contributed by atoms with Crippen LogP contribution in [0.2, 0.25) is 0 Å². The average molecular weight is 375 g/mol. The summed E-state index contributed by atoms with van der Waals surface area (Å²) in [5, 5.41) is 5.26. The van der Waals surface area contributed by atoms with Crippen molar-refractivity contribution < 1.29 is 9.53 Å². The number of ether oxygens (including phenoxy) is 1. The summed E-state index contributed by atoms with van der Waals surface area (Å²) < 4.78 is 6.03. The van der Waals surface area contributed by atoms with Gasteiger partial charge in [-0.3, -0.25) is 4.79 Å². The number of carbonyl (C=O) groups is 1. The van der Waals surface area contributed by atoms with Crippen LogP contribution in [0.25, 0.3) is 21.9 Å². The summed E-state index contributed by atoms with van der Waals surface area (Å²) in [6.07, 6.45) is 7.59. The van der Waals surface area contributed by atoms with Crippen molar-refractivity contribution in [2.45, 2.75) is 51.7 Å². The van der Waals surface area contributed by atoms with Crippen LogP contribution in [0, 0.1) is 6.92 Å². The first-order valence-corrected chi connectivity index (χ1v) is 9.89. The zero-order chi connectivity index (χ0) is 19.5. The maximum Gasteiger partial charge on any atom is 0.260 e. The number of benzene rings is 2. The van der Waals surface area contributed by atoms with Gasteiger partial charge in [0.1, 0.15) is 11.6 Å². The first-order valence-electron chi connectivity index (χ1n) is 9.89. The smallest absolute Gasteiger partial charge is 0.260 e. The van der Waals surface area contributed by atoms with Crippen molar-refractivity contribution in [1.82, 2.24) is 15.3 Å². The van der Waals surface area contributed by atoms with Crippen LogP contribution in [0.5, 0.6) is 5.75 Å². The molecule has 3 aromatic rings. The first kappa shape index (κ1) is 18.4. The van der Waals surface area contributed by atoms with Gasteiger partial charge in [0, 0.05) is 24.0 Å². The molecule has 4 rings (SSSR count). The summed E-state index contributed by atoms with van der Waals surface area (Å²) in [6, 6.07) is 12.4. The Balaban J connectivity index is 1.62. The van der Waals surface area contributed by atoms with Crippen molar-refractivity contribution >= 4 is 16.7 Å². The number of rotatable bonds is 5. The van der Waals surface area contributed by atoms with E-state index in [0.29, 0.717) is 5.75 Å². The van der Waals surface area contributed by atoms with Gasteiger partial charge in [0.15, 0.2) is 6.10 Å². The van der Waals surface area contributed by atoms with Crippen molar-refractivity contribution in [3.63, 3.8) is 0 Å². The molecule has 1 unspecified atom stereocenters. The summed E-state index contributed by atoms with van der Waals surface area (Å²) in [7, 11) is 0. The molecule has 5 heteroatoms. The van der Waals surface area contributed by atoms with Gasteiger partial charge in [-0.25, -0.2) is 9.97 Å². The summed E-state index contributed by atoms with van der Waals surface area (Å²) in [4.78, 5) is 21.1. The average Bonchev–Trinajstić information content (AvgIpc) is 3.21. The molecule has 1 aromatic heterocycles. The molecule has 0 radical (unpaired) electrons. The van der Waals surface area contributed by atoms with Gasteiger partial charge in [-0.1, -0.05) is 37.1 Å². The van der Waals surface area contributed by atoms with Gasteiger partial charge in [0.05, 0.1) is 0 Å². The maximum absolute atomic E-state index is 12.5. The standard InChI is InChI=1S/C23H25N3O2/c1-15(23(27)26-19-8-4-5-9-19)28-20-11-17-7-3-6-10-21(17)22(12-20)18-13-24-16(2)25-14-18/h3,6-7,10-15,19H,4-5,8-9H2,1-2H3,(H,26,27). The molecular formula is C23H25N3O2. The molecule has 0 bridgehead atoms. The van der Waals surface area contributed by atoms with Crippen LogP contribution in [0.4, 0.5) is 0 Å². The molecule has 144 valence electrons. The second kappa shape index (κ2) is 7.97. The SMILES string of the molecule is Cc1ncc(-c2cc(OC(C)C(=O)NC3CCCC3)cc3ccccc23)cn1. The van der Waals surface area contributed by atoms with Crippen LogP contribution in [0.1, 0.15) is 38.4 Å². The lowest BCUT2D eigenvalue weighted by atomic mass is 10.00. The highest BCUT2D eigenvalue weighted by Crippen LogP contribution is 2.33. The zero-order valence-corrected chi connectivity index (χ0v) is 16.3. The van der Waals surface area contributed by atoms with Crippen LogP contribution < -0.4 is 10.1 Å². The molecule has 0 spiro atoms. The van der Waals surface area contributed by atoms with Crippen molar-refractivity contribution in [3.8, 4) is 16.9 Å². The van der Waals surface area contributed by atoms with Crippen molar-refractivity contribution in [1.29, 1.82) is 0 Å². The molecular weight excluding hydrogens is 350 g/mol. The van der Waals surface area contributed by atoms with E-state index in [2.05, 4.69) is 21.4 Å². The second-order valence-corrected chi connectivity index (χ2v) is 7.46. The fourth-order valence-electron chi connectivity index (χ4n) is 3.77. The fourth-order valence-corrected chi connectivity index (χ4v) is 3.77. The van der Waals surface area contributed by atoms with Crippen LogP contribution >= 0.6 is 0 Å². The van der Waals surface area contributed by atoms with E-state index in [1.807, 2.05) is 49.6 Å². The minimum absolute atomic E-state index is 0.0553. The molecule has 28 heavy (non-hydrogen) atoms. The first-order chi connectivity index (χ1) is 13.6. The van der Waals surface area contributed by atoms with E-state index in [1.165, 1.54) is 12.8 Å². The molecule has 1 heterocycles. The topological polar surface area (TPSA) is 64.1 Å². The number of hydrogen-bond acceptors (Lipinski definition) is 4. The molecule has 1 atom stereocenters. The lowest BCUT2D eigenvalue weighted by Crippen LogP contribution is -2.41. The van der Waals surface area contributed by atoms with Gasteiger partial charge in [-0.15, -0.1) is 0 Å². The molecule has 1 aliphatic carbocycles. The highest BCUT2D eigenvalue weighted by molar-refractivity contribution is 5.97. The van der Waals surface area contributed by atoms with Gasteiger partial charge in [0.2, 0.25) is 0 Å². The van der Waals surface area contributed by atoms with Crippen LogP contribution in [0.3, 0.4) is 0 Å². The monoisotopic (exact) mass is 375 g/mol. The molecule has 0 aliphatic heterocycles. The Bertz CT molecular complexity index is 979. The molecule has 1 fully saturated rings. The Morgan fingerprint density at radius 1 is 1.14 bits per heavy atom. The van der Waals surface area contributed by atoms with E-state index in [1.54, 1.807) is 6.92 Å². The number of carbonyl (C=O) groups excluding carboxylic acids is 1. The van der Waals surface area contributed by atoms with E-state index in [-0.39, 0.29) is 11.9 Å². The maximum atomic E-state index is 12.5. The Morgan fingerprint density at radius 3 is 2.61 bits per heavy atom. The van der Waals surface area contributed by atoms with E-state index in [0.717, 1.165) is 40.6 Å². The lowest BCUT2D eigenvalue weighted by molar-refractivity contribution is -0.127. The third kappa shape index (κ3) is 3.98. The Kier molecular flexibility index (Phi) is 5.24. The fraction of sp³-hybridized carbons (Fsp3) is 0.348. The molecule has 1 N–H and O–H groups in total. The number of nitrogens with one attached hydrogen (secondary N) is 1. The molecule has 1 amide bonds. The molecule has 1 saturated carbocycles. The van der Waals surface area contributed by atoms with E-state index >= 15 is 0 Å². The van der Waals surface area contributed by atoms with Crippen molar-refractivity contribution in [2.24, 2.45) is 0 Å². The molecule has 5 nitrogen and oxygen atoms in total. The number of nitrogens with zero attached hydrogens (tertiary/aromatic N) is 2. The molecule has 1 aliphatic rings. The van der Waals surface area contributed by atoms with Crippen molar-refractivity contribution in [2.75, 3.05) is 0 Å². The summed E-state index contributed by atoms with van der Waals surface area (Å²) in [5.41, 5.74) is 1.92. The lowest BCUT2D eigenvalue weighted by Gasteiger charge is -2.19. The summed E-state index contributed by atoms with van der Waals surface area (Å²) in [5.74, 6) is 1.35. The Labute approximate surface area is 165 Å². The van der Waals surface area contributed by atoms with E-state index in [9.17, 15) is 4.79 Å². The second-order valence-electron chi connectivity index (χ2n) is 7.46. The largest absolute Gasteiger partial charge is 0.481 e. The van der Waals surface area contributed by atoms with Crippen LogP contribution in [-0.4, -0.2) is 28.0 Å². The quantitative estimate of drug-likeness (QED) is 0.716. The summed E-state index contributed by atoms with van der Waals surface area (Å²) in [6.45, 7) is 3.67. The minimum atomic E-state index is -0.552. The van der Waals surface area contributed by atoms with Gasteiger partial charge >= 0.3 is 0 Å². The minimum Gasteiger partial charge on any atom is -0.481 e. The third-order valence-corrected chi connectivity index (χ3v) is 5.31. The molecule has 2 aromatic carbocycles. The van der Waals surface area contributed by atoms with Gasteiger partial charge in [-0.2, -0.15) is 0 Å². The molecule has 0 saturated heterocycles. The number of fused-ring (bicyclic) bond motifs is 1. The van der Waals surface area contributed by atoms with Crippen LogP contribution in [0.15, 0.2) is 48.8 Å². The number of amides is 1. The Hall–Kier alpha value is -2.95. The van der Waals surface area contributed by atoms with Gasteiger partial charge in [-0.05, 0) is 55.2 Å². The van der Waals surface area contributed by atoms with Crippen molar-refractivity contribution in [3.05, 3.63) is 54.6 Å². The zero-order valence-electron chi connectivity index (χ0n) is 16.3. The highest BCUT2D eigenvalue weighted by atomic mass is 16.5. The van der Waals surface area contributed by atoms with Crippen LogP contribution in [-0.2, 0) is 4.79 Å². The van der Waals surface area contributed by atoms with E-state index < -0.39 is 6.10 Å². The Morgan fingerprint density at radius 2 is 1.86 bits per heavy atom. The number of aromatic nitrogens is 2. The van der Waals surface area contributed by atoms with Gasteiger partial charge in [0.25, 0.3) is 5.91 Å². The predicted octanol–water partition coefficient (Wildman–Crippen LogP) is 4.43. The summed E-state index contributed by atoms with van der Waals surface area (Å²) >= 11 is 0. The van der Waals surface area contributed by atoms with Gasteiger partial charge < -0.3 is 10.1 Å². The number of aryl methyl sites for hydroxylation is 1. The van der Waals surface area contributed by atoms with E-state index in [4.69, 9.17) is 4.74 Å².